The van der Waals surface area contributed by atoms with Crippen LogP contribution in [0.5, 0.6) is 0 Å². The van der Waals surface area contributed by atoms with Crippen LogP contribution in [0.2, 0.25) is 0 Å². The van der Waals surface area contributed by atoms with Crippen LogP contribution in [0.15, 0.2) is 10.5 Å². The third-order valence-electron chi connectivity index (χ3n) is 2.22. The molecule has 6 heteroatoms. The zero-order chi connectivity index (χ0) is 11.7. The maximum atomic E-state index is 11.3. The largest absolute Gasteiger partial charge is 0.610 e. The van der Waals surface area contributed by atoms with Gasteiger partial charge in [-0.25, -0.2) is 4.98 Å². The zero-order valence-corrected chi connectivity index (χ0v) is 10.5. The van der Waals surface area contributed by atoms with Crippen LogP contribution in [-0.2, 0) is 17.6 Å². The smallest absolute Gasteiger partial charge is 0.303 e. The first kappa shape index (κ1) is 11.3. The average molecular weight is 251 g/mol. The second kappa shape index (κ2) is 4.37. The summed E-state index contributed by atoms with van der Waals surface area (Å²) in [6, 6.07) is 2.12. The first-order valence-electron chi connectivity index (χ1n) is 4.69. The number of thiazole rings is 1. The maximum Gasteiger partial charge on any atom is 0.303 e. The van der Waals surface area contributed by atoms with E-state index in [1.165, 1.54) is 17.5 Å². The van der Waals surface area contributed by atoms with E-state index in [2.05, 4.69) is 16.0 Å². The average Bonchev–Trinajstić information content (AvgIpc) is 2.71. The van der Waals surface area contributed by atoms with Gasteiger partial charge in [0.05, 0.1) is 10.3 Å². The van der Waals surface area contributed by atoms with Crippen LogP contribution in [0.1, 0.15) is 18.1 Å². The Morgan fingerprint density at radius 2 is 2.38 bits per heavy atom. The molecule has 0 amide bonds. The molecule has 16 heavy (non-hydrogen) atoms. The first-order valence-corrected chi connectivity index (χ1v) is 7.06. The van der Waals surface area contributed by atoms with E-state index in [0.29, 0.717) is 15.6 Å². The summed E-state index contributed by atoms with van der Waals surface area (Å²) in [5, 5.41) is 8.96. The van der Waals surface area contributed by atoms with Crippen molar-refractivity contribution in [3.63, 3.8) is 0 Å². The number of rotatable bonds is 2. The van der Waals surface area contributed by atoms with Crippen molar-refractivity contribution >= 4 is 32.9 Å². The van der Waals surface area contributed by atoms with Crippen LogP contribution in [-0.4, -0.2) is 20.8 Å². The third kappa shape index (κ3) is 1.78. The quantitative estimate of drug-likeness (QED) is 0.764. The predicted molar refractivity (Wildman–Crippen MR) is 63.8 cm³/mol. The number of nitrogens with zero attached hydrogens (tertiary/aromatic N) is 3. The lowest BCUT2D eigenvalue weighted by Gasteiger charge is -1.99. The second-order valence-corrected chi connectivity index (χ2v) is 5.75. The van der Waals surface area contributed by atoms with Gasteiger partial charge in [-0.05, 0) is 12.0 Å². The number of hydrogen-bond acceptors (Lipinski definition) is 5. The highest BCUT2D eigenvalue weighted by molar-refractivity contribution is 7.92. The van der Waals surface area contributed by atoms with Crippen LogP contribution in [0.3, 0.4) is 0 Å². The molecule has 1 atom stereocenters. The molecule has 4 nitrogen and oxygen atoms in total. The van der Waals surface area contributed by atoms with Gasteiger partial charge in [0.2, 0.25) is 0 Å². The summed E-state index contributed by atoms with van der Waals surface area (Å²) >= 11 is 0.265. The van der Waals surface area contributed by atoms with Crippen molar-refractivity contribution in [1.82, 2.24) is 9.97 Å². The van der Waals surface area contributed by atoms with E-state index in [4.69, 9.17) is 5.26 Å². The minimum Gasteiger partial charge on any atom is -0.610 e. The molecule has 2 aromatic heterocycles. The number of aryl methyl sites for hydroxylation is 1. The van der Waals surface area contributed by atoms with Crippen LogP contribution in [0.25, 0.3) is 10.3 Å². The Balaban J connectivity index is 2.73. The monoisotopic (exact) mass is 251 g/mol. The minimum absolute atomic E-state index is 0.562. The summed E-state index contributed by atoms with van der Waals surface area (Å²) in [6.45, 7) is 1.98. The molecule has 0 spiro atoms. The van der Waals surface area contributed by atoms with Gasteiger partial charge in [-0.1, -0.05) is 18.3 Å². The molecule has 0 aliphatic carbocycles. The molecule has 0 saturated heterocycles. The van der Waals surface area contributed by atoms with Crippen LogP contribution in [0, 0.1) is 11.3 Å². The van der Waals surface area contributed by atoms with E-state index in [0.717, 1.165) is 16.7 Å². The summed E-state index contributed by atoms with van der Waals surface area (Å²) in [5.41, 5.74) is 2.11. The summed E-state index contributed by atoms with van der Waals surface area (Å²) in [6.07, 6.45) is 3.87. The lowest BCUT2D eigenvalue weighted by atomic mass is 10.1. The fourth-order valence-electron chi connectivity index (χ4n) is 1.47. The highest BCUT2D eigenvalue weighted by Gasteiger charge is 2.17. The number of aromatic nitrogens is 2. The Labute approximate surface area is 100 Å². The molecular formula is C10H9N3OS2. The molecule has 0 N–H and O–H groups in total. The van der Waals surface area contributed by atoms with Crippen molar-refractivity contribution in [1.29, 1.82) is 5.26 Å². The molecule has 0 aliphatic heterocycles. The highest BCUT2D eigenvalue weighted by atomic mass is 32.2. The highest BCUT2D eigenvalue weighted by Crippen LogP contribution is 2.29. The number of pyridine rings is 1. The molecule has 0 fully saturated rings. The Bertz CT molecular complexity index is 571. The van der Waals surface area contributed by atoms with Gasteiger partial charge in [-0.2, -0.15) is 10.2 Å². The molecule has 0 bridgehead atoms. The van der Waals surface area contributed by atoms with Crippen molar-refractivity contribution in [2.75, 3.05) is 6.26 Å². The van der Waals surface area contributed by atoms with Gasteiger partial charge in [0.25, 0.3) is 0 Å². The topological polar surface area (TPSA) is 72.6 Å². The third-order valence-corrected chi connectivity index (χ3v) is 4.66. The van der Waals surface area contributed by atoms with Crippen molar-refractivity contribution in [3.8, 4) is 6.07 Å². The first-order chi connectivity index (χ1) is 7.67. The van der Waals surface area contributed by atoms with Gasteiger partial charge in [0, 0.05) is 17.4 Å². The van der Waals surface area contributed by atoms with E-state index in [9.17, 15) is 4.55 Å². The van der Waals surface area contributed by atoms with Gasteiger partial charge >= 0.3 is 4.34 Å². The lowest BCUT2D eigenvalue weighted by Crippen LogP contribution is -1.95. The predicted octanol–water partition coefficient (Wildman–Crippen LogP) is 1.86. The summed E-state index contributed by atoms with van der Waals surface area (Å²) < 4.78 is 12.8. The van der Waals surface area contributed by atoms with Gasteiger partial charge in [-0.3, -0.25) is 0 Å². The van der Waals surface area contributed by atoms with E-state index in [1.807, 2.05) is 6.92 Å². The van der Waals surface area contributed by atoms with Crippen LogP contribution >= 0.6 is 11.3 Å². The van der Waals surface area contributed by atoms with E-state index < -0.39 is 11.2 Å². The SMILES string of the molecule is CCc1c(C#N)cnc2nc([S+](C)[O-])sc12. The summed E-state index contributed by atoms with van der Waals surface area (Å²) in [7, 11) is 0. The summed E-state index contributed by atoms with van der Waals surface area (Å²) in [5.74, 6) is 0. The van der Waals surface area contributed by atoms with Crippen molar-refractivity contribution in [2.24, 2.45) is 0 Å². The number of hydrogen-bond donors (Lipinski definition) is 0. The van der Waals surface area contributed by atoms with Crippen molar-refractivity contribution in [3.05, 3.63) is 17.3 Å². The van der Waals surface area contributed by atoms with Gasteiger partial charge in [0.15, 0.2) is 5.65 Å². The zero-order valence-electron chi connectivity index (χ0n) is 8.85. The standard InChI is InChI=1S/C10H9N3OS2/c1-3-7-6(4-11)5-12-9-8(7)15-10(13-9)16(2)14/h5H,3H2,1-2H3. The molecule has 0 aromatic carbocycles. The lowest BCUT2D eigenvalue weighted by molar-refractivity contribution is 0.600. The molecule has 2 heterocycles. The van der Waals surface area contributed by atoms with E-state index in [-0.39, 0.29) is 0 Å². The fourth-order valence-corrected chi connectivity index (χ4v) is 3.28. The van der Waals surface area contributed by atoms with Crippen molar-refractivity contribution in [2.45, 2.75) is 17.7 Å². The molecule has 0 aliphatic rings. The fraction of sp³-hybridized carbons (Fsp3) is 0.300. The number of nitriles is 1. The Hall–Kier alpha value is -1.16. The van der Waals surface area contributed by atoms with Gasteiger partial charge in [0.1, 0.15) is 12.3 Å². The molecule has 1 unspecified atom stereocenters. The molecule has 2 aromatic rings. The molecule has 0 saturated carbocycles. The Morgan fingerprint density at radius 3 is 2.94 bits per heavy atom. The molecular weight excluding hydrogens is 242 g/mol. The van der Waals surface area contributed by atoms with Gasteiger partial charge in [-0.15, -0.1) is 0 Å². The van der Waals surface area contributed by atoms with E-state index in [1.54, 1.807) is 6.26 Å². The molecule has 82 valence electrons. The van der Waals surface area contributed by atoms with Crippen LogP contribution in [0.4, 0.5) is 0 Å². The van der Waals surface area contributed by atoms with Gasteiger partial charge < -0.3 is 4.55 Å². The van der Waals surface area contributed by atoms with Crippen LogP contribution < -0.4 is 0 Å². The maximum absolute atomic E-state index is 11.3. The summed E-state index contributed by atoms with van der Waals surface area (Å²) in [4.78, 5) is 8.30. The molecule has 2 rings (SSSR count). The second-order valence-electron chi connectivity index (χ2n) is 3.20. The Morgan fingerprint density at radius 1 is 1.62 bits per heavy atom. The van der Waals surface area contributed by atoms with E-state index >= 15 is 0 Å². The molecule has 0 radical (unpaired) electrons. The minimum atomic E-state index is -1.10. The van der Waals surface area contributed by atoms with Crippen molar-refractivity contribution < 1.29 is 4.55 Å². The normalized spacial score (nSPS) is 12.6. The Kier molecular flexibility index (Phi) is 3.10. The number of fused-ring (bicyclic) bond motifs is 1.